The highest BCUT2D eigenvalue weighted by Crippen LogP contribution is 2.41. The lowest BCUT2D eigenvalue weighted by atomic mass is 10.0. The molecule has 2 aromatic carbocycles. The van der Waals surface area contributed by atoms with Gasteiger partial charge < -0.3 is 19.7 Å². The SMILES string of the molecule is O=C(O)CC[C@H]1CN(S(=O)(=O)c2cc(C(F)(F)F)cnc2OCCO)c2cc(/C=C/c3c(Cl)cccc3C(F)F)ccc2O1. The summed E-state index contributed by atoms with van der Waals surface area (Å²) in [7, 11) is -4.91. The van der Waals surface area contributed by atoms with Gasteiger partial charge in [0.1, 0.15) is 18.5 Å². The zero-order valence-electron chi connectivity index (χ0n) is 22.5. The molecule has 2 N–H and O–H groups in total. The standard InChI is InChI=1S/C28H24ClF5N2O7S/c29-21-3-1-2-20(26(30)31)19(21)7-4-16-5-8-23-22(12-16)36(15-18(43-23)6-9-25(38)39)44(40,41)24-13-17(28(32,33)34)14-35-27(24)42-11-10-37/h1-5,7-8,12-14,18,26,37H,6,9-11,15H2,(H,38,39)/b7-4+/t18-/m0/s1. The number of aliphatic hydroxyl groups excluding tert-OH is 1. The third-order valence-corrected chi connectivity index (χ3v) is 8.51. The Morgan fingerprint density at radius 3 is 2.61 bits per heavy atom. The molecule has 0 aliphatic carbocycles. The number of aromatic nitrogens is 1. The molecule has 0 saturated carbocycles. The van der Waals surface area contributed by atoms with E-state index in [2.05, 4.69) is 4.98 Å². The number of rotatable bonds is 11. The van der Waals surface area contributed by atoms with Gasteiger partial charge in [0.05, 0.1) is 24.4 Å². The van der Waals surface area contributed by atoms with Crippen LogP contribution >= 0.6 is 11.6 Å². The smallest absolute Gasteiger partial charge is 0.417 e. The number of benzene rings is 2. The summed E-state index contributed by atoms with van der Waals surface area (Å²) in [5.74, 6) is -1.91. The molecule has 1 aliphatic heterocycles. The number of carboxylic acids is 1. The molecule has 0 radical (unpaired) electrons. The van der Waals surface area contributed by atoms with E-state index in [9.17, 15) is 35.2 Å². The van der Waals surface area contributed by atoms with Crippen LogP contribution in [0.1, 0.15) is 41.5 Å². The van der Waals surface area contributed by atoms with Gasteiger partial charge in [0.15, 0.2) is 4.90 Å². The molecule has 0 unspecified atom stereocenters. The number of nitrogens with zero attached hydrogens (tertiary/aromatic N) is 2. The van der Waals surface area contributed by atoms with E-state index in [1.165, 1.54) is 48.6 Å². The number of aliphatic carboxylic acids is 1. The largest absolute Gasteiger partial charge is 0.486 e. The van der Waals surface area contributed by atoms with Crippen LogP contribution in [0.2, 0.25) is 5.02 Å². The van der Waals surface area contributed by atoms with E-state index in [1.54, 1.807) is 0 Å². The van der Waals surface area contributed by atoms with Gasteiger partial charge in [0.2, 0.25) is 5.88 Å². The Morgan fingerprint density at radius 1 is 1.20 bits per heavy atom. The maximum Gasteiger partial charge on any atom is 0.417 e. The molecule has 0 fully saturated rings. The predicted octanol–water partition coefficient (Wildman–Crippen LogP) is 6.05. The van der Waals surface area contributed by atoms with Gasteiger partial charge in [-0.05, 0) is 36.2 Å². The minimum atomic E-state index is -4.96. The van der Waals surface area contributed by atoms with Crippen LogP contribution in [-0.2, 0) is 21.0 Å². The number of fused-ring (bicyclic) bond motifs is 1. The average Bonchev–Trinajstić information content (AvgIpc) is 2.97. The zero-order chi connectivity index (χ0) is 32.2. The first-order valence-electron chi connectivity index (χ1n) is 12.8. The second kappa shape index (κ2) is 13.4. The van der Waals surface area contributed by atoms with Crippen molar-refractivity contribution in [2.24, 2.45) is 0 Å². The van der Waals surface area contributed by atoms with E-state index in [4.69, 9.17) is 31.3 Å². The van der Waals surface area contributed by atoms with Crippen molar-refractivity contribution in [3.63, 3.8) is 0 Å². The van der Waals surface area contributed by atoms with E-state index in [0.29, 0.717) is 12.3 Å². The van der Waals surface area contributed by atoms with Crippen molar-refractivity contribution >= 4 is 45.4 Å². The summed E-state index contributed by atoms with van der Waals surface area (Å²) in [6.45, 7) is -1.56. The van der Waals surface area contributed by atoms with Gasteiger partial charge in [0, 0.05) is 28.8 Å². The fraction of sp³-hybridized carbons (Fsp3) is 0.286. The number of carbonyl (C=O) groups is 1. The molecule has 1 aromatic heterocycles. The number of hydrogen-bond acceptors (Lipinski definition) is 7. The van der Waals surface area contributed by atoms with E-state index in [0.717, 1.165) is 4.31 Å². The second-order valence-corrected chi connectivity index (χ2v) is 11.6. The molecule has 0 spiro atoms. The first kappa shape index (κ1) is 33.0. The Labute approximate surface area is 253 Å². The molecule has 236 valence electrons. The summed E-state index contributed by atoms with van der Waals surface area (Å²) in [4.78, 5) is 13.8. The van der Waals surface area contributed by atoms with Crippen LogP contribution in [-0.4, -0.2) is 55.4 Å². The number of aliphatic hydroxyl groups is 1. The highest BCUT2D eigenvalue weighted by molar-refractivity contribution is 7.93. The summed E-state index contributed by atoms with van der Waals surface area (Å²) in [6, 6.07) is 8.47. The van der Waals surface area contributed by atoms with E-state index < -0.39 is 77.2 Å². The van der Waals surface area contributed by atoms with E-state index >= 15 is 0 Å². The van der Waals surface area contributed by atoms with Crippen molar-refractivity contribution < 1.29 is 54.9 Å². The number of hydrogen-bond donors (Lipinski definition) is 2. The first-order chi connectivity index (χ1) is 20.7. The number of halogens is 6. The van der Waals surface area contributed by atoms with Crippen molar-refractivity contribution in [2.75, 3.05) is 24.1 Å². The van der Waals surface area contributed by atoms with E-state index in [1.807, 2.05) is 0 Å². The Morgan fingerprint density at radius 2 is 1.95 bits per heavy atom. The van der Waals surface area contributed by atoms with Gasteiger partial charge in [-0.2, -0.15) is 13.2 Å². The minimum Gasteiger partial charge on any atom is -0.486 e. The lowest BCUT2D eigenvalue weighted by Crippen LogP contribution is -2.44. The molecule has 3 aromatic rings. The molecule has 0 saturated heterocycles. The summed E-state index contributed by atoms with van der Waals surface area (Å²) < 4.78 is 108. The van der Waals surface area contributed by atoms with Gasteiger partial charge in [-0.15, -0.1) is 0 Å². The molecule has 0 bridgehead atoms. The fourth-order valence-electron chi connectivity index (χ4n) is 4.34. The van der Waals surface area contributed by atoms with Gasteiger partial charge >= 0.3 is 12.1 Å². The topological polar surface area (TPSA) is 126 Å². The molecule has 1 atom stereocenters. The van der Waals surface area contributed by atoms with Crippen molar-refractivity contribution in [2.45, 2.75) is 36.4 Å². The average molecular weight is 663 g/mol. The van der Waals surface area contributed by atoms with Gasteiger partial charge in [-0.25, -0.2) is 22.2 Å². The van der Waals surface area contributed by atoms with Crippen molar-refractivity contribution in [1.29, 1.82) is 0 Å². The van der Waals surface area contributed by atoms with Crippen LogP contribution < -0.4 is 13.8 Å². The molecule has 4 rings (SSSR count). The molecule has 0 amide bonds. The number of sulfonamides is 1. The first-order valence-corrected chi connectivity index (χ1v) is 14.6. The lowest BCUT2D eigenvalue weighted by molar-refractivity contribution is -0.138. The Bertz CT molecular complexity index is 1670. The van der Waals surface area contributed by atoms with Crippen molar-refractivity contribution in [1.82, 2.24) is 4.98 Å². The third-order valence-electron chi connectivity index (χ3n) is 6.40. The monoisotopic (exact) mass is 662 g/mol. The number of carboxylic acid groups (broad SMARTS) is 1. The molecular weight excluding hydrogens is 639 g/mol. The summed E-state index contributed by atoms with van der Waals surface area (Å²) >= 11 is 6.12. The number of alkyl halides is 5. The molecule has 1 aliphatic rings. The maximum atomic E-state index is 14.0. The zero-order valence-corrected chi connectivity index (χ0v) is 24.0. The summed E-state index contributed by atoms with van der Waals surface area (Å²) in [6.07, 6.45) is -6.26. The number of anilines is 1. The highest BCUT2D eigenvalue weighted by atomic mass is 35.5. The number of ether oxygens (including phenoxy) is 2. The normalized spacial score (nSPS) is 15.4. The van der Waals surface area contributed by atoms with Gasteiger partial charge in [-0.1, -0.05) is 42.0 Å². The maximum absolute atomic E-state index is 14.0. The van der Waals surface area contributed by atoms with Gasteiger partial charge in [-0.3, -0.25) is 9.10 Å². The molecule has 16 heteroatoms. The summed E-state index contributed by atoms with van der Waals surface area (Å²) in [5.41, 5.74) is -1.53. The van der Waals surface area contributed by atoms with E-state index in [-0.39, 0.29) is 39.6 Å². The predicted molar refractivity (Wildman–Crippen MR) is 149 cm³/mol. The lowest BCUT2D eigenvalue weighted by Gasteiger charge is -2.35. The molecule has 9 nitrogen and oxygen atoms in total. The van der Waals surface area contributed by atoms with Crippen LogP contribution in [0.15, 0.2) is 53.6 Å². The minimum absolute atomic E-state index is 0.0251. The van der Waals surface area contributed by atoms with Crippen LogP contribution in [0.4, 0.5) is 27.6 Å². The molecule has 2 heterocycles. The van der Waals surface area contributed by atoms with Crippen LogP contribution in [0.25, 0.3) is 12.2 Å². The molecule has 44 heavy (non-hydrogen) atoms. The van der Waals surface area contributed by atoms with Crippen LogP contribution in [0, 0.1) is 0 Å². The van der Waals surface area contributed by atoms with Gasteiger partial charge in [0.25, 0.3) is 16.4 Å². The Kier molecular flexibility index (Phi) is 10.0. The molecular formula is C28H24ClF5N2O7S. The van der Waals surface area contributed by atoms with Crippen molar-refractivity contribution in [3.05, 3.63) is 75.9 Å². The fourth-order valence-corrected chi connectivity index (χ4v) is 6.19. The third kappa shape index (κ3) is 7.39. The quantitative estimate of drug-likeness (QED) is 0.188. The summed E-state index contributed by atoms with van der Waals surface area (Å²) in [5, 5.41) is 18.3. The van der Waals surface area contributed by atoms with Crippen LogP contribution in [0.5, 0.6) is 11.6 Å². The second-order valence-electron chi connectivity index (χ2n) is 9.41. The van der Waals surface area contributed by atoms with Crippen molar-refractivity contribution in [3.8, 4) is 11.6 Å². The Balaban J connectivity index is 1.83. The highest BCUT2D eigenvalue weighted by Gasteiger charge is 2.39. The number of pyridine rings is 1. The Hall–Kier alpha value is -3.95. The van der Waals surface area contributed by atoms with Crippen LogP contribution in [0.3, 0.4) is 0 Å².